The van der Waals surface area contributed by atoms with Crippen LogP contribution in [0.3, 0.4) is 0 Å². The van der Waals surface area contributed by atoms with Crippen LogP contribution in [0.25, 0.3) is 10.9 Å². The molecule has 1 heterocycles. The highest BCUT2D eigenvalue weighted by Gasteiger charge is 2.26. The van der Waals surface area contributed by atoms with E-state index in [1.807, 2.05) is 61.5 Å². The monoisotopic (exact) mass is 279 g/mol. The zero-order chi connectivity index (χ0) is 14.7. The highest BCUT2D eigenvalue weighted by molar-refractivity contribution is 5.88. The highest BCUT2D eigenvalue weighted by Crippen LogP contribution is 2.28. The average molecular weight is 279 g/mol. The van der Waals surface area contributed by atoms with Crippen molar-refractivity contribution in [3.63, 3.8) is 0 Å². The molecule has 0 spiro atoms. The Morgan fingerprint density at radius 1 is 1.00 bits per heavy atom. The van der Waals surface area contributed by atoms with Gasteiger partial charge in [-0.3, -0.25) is 0 Å². The third-order valence-electron chi connectivity index (χ3n) is 3.66. The SMILES string of the molecule is CC(CO)(Nc1ncnc2ccccc12)c1ccccc1. The molecule has 0 radical (unpaired) electrons. The lowest BCUT2D eigenvalue weighted by atomic mass is 9.93. The molecule has 2 aromatic carbocycles. The second-order valence-electron chi connectivity index (χ2n) is 5.22. The van der Waals surface area contributed by atoms with Crippen molar-refractivity contribution in [2.24, 2.45) is 0 Å². The summed E-state index contributed by atoms with van der Waals surface area (Å²) in [6.45, 7) is 1.93. The van der Waals surface area contributed by atoms with Gasteiger partial charge in [-0.1, -0.05) is 42.5 Å². The Hall–Kier alpha value is -2.46. The second-order valence-corrected chi connectivity index (χ2v) is 5.22. The quantitative estimate of drug-likeness (QED) is 0.771. The van der Waals surface area contributed by atoms with Crippen LogP contribution < -0.4 is 5.32 Å². The van der Waals surface area contributed by atoms with Crippen LogP contribution in [-0.4, -0.2) is 21.7 Å². The van der Waals surface area contributed by atoms with E-state index in [1.54, 1.807) is 0 Å². The fourth-order valence-corrected chi connectivity index (χ4v) is 2.37. The van der Waals surface area contributed by atoms with Gasteiger partial charge in [-0.25, -0.2) is 9.97 Å². The molecule has 0 aliphatic heterocycles. The van der Waals surface area contributed by atoms with E-state index in [-0.39, 0.29) is 6.61 Å². The topological polar surface area (TPSA) is 58.0 Å². The van der Waals surface area contributed by atoms with Crippen LogP contribution in [-0.2, 0) is 5.54 Å². The number of para-hydroxylation sites is 1. The lowest BCUT2D eigenvalue weighted by molar-refractivity contribution is 0.224. The van der Waals surface area contributed by atoms with Gasteiger partial charge in [0.2, 0.25) is 0 Å². The molecular formula is C17H17N3O. The van der Waals surface area contributed by atoms with Crippen LogP contribution in [0.2, 0.25) is 0 Å². The predicted octanol–water partition coefficient (Wildman–Crippen LogP) is 2.95. The molecule has 21 heavy (non-hydrogen) atoms. The Balaban J connectivity index is 2.04. The van der Waals surface area contributed by atoms with E-state index in [2.05, 4.69) is 15.3 Å². The van der Waals surface area contributed by atoms with Crippen LogP contribution in [0.4, 0.5) is 5.82 Å². The number of nitrogens with zero attached hydrogens (tertiary/aromatic N) is 2. The normalized spacial score (nSPS) is 13.8. The maximum absolute atomic E-state index is 9.87. The number of nitrogens with one attached hydrogen (secondary N) is 1. The number of anilines is 1. The molecule has 3 rings (SSSR count). The van der Waals surface area contributed by atoms with Crippen LogP contribution in [0.15, 0.2) is 60.9 Å². The van der Waals surface area contributed by atoms with Crippen molar-refractivity contribution < 1.29 is 5.11 Å². The molecule has 0 saturated carbocycles. The van der Waals surface area contributed by atoms with E-state index in [4.69, 9.17) is 0 Å². The Morgan fingerprint density at radius 2 is 1.71 bits per heavy atom. The maximum Gasteiger partial charge on any atom is 0.138 e. The van der Waals surface area contributed by atoms with E-state index in [9.17, 15) is 5.11 Å². The zero-order valence-corrected chi connectivity index (χ0v) is 11.8. The van der Waals surface area contributed by atoms with Gasteiger partial charge < -0.3 is 10.4 Å². The van der Waals surface area contributed by atoms with Crippen molar-refractivity contribution in [1.29, 1.82) is 0 Å². The van der Waals surface area contributed by atoms with Crippen LogP contribution >= 0.6 is 0 Å². The molecule has 0 aliphatic rings. The van der Waals surface area contributed by atoms with Crippen LogP contribution in [0, 0.1) is 0 Å². The number of aliphatic hydroxyl groups excluding tert-OH is 1. The molecule has 0 fully saturated rings. The molecule has 1 aromatic heterocycles. The van der Waals surface area contributed by atoms with Gasteiger partial charge >= 0.3 is 0 Å². The van der Waals surface area contributed by atoms with Crippen molar-refractivity contribution >= 4 is 16.7 Å². The molecule has 2 N–H and O–H groups in total. The summed E-state index contributed by atoms with van der Waals surface area (Å²) in [5, 5.41) is 14.2. The van der Waals surface area contributed by atoms with Crippen LogP contribution in [0.1, 0.15) is 12.5 Å². The number of hydrogen-bond donors (Lipinski definition) is 2. The van der Waals surface area contributed by atoms with Gasteiger partial charge in [-0.15, -0.1) is 0 Å². The minimum atomic E-state index is -0.599. The van der Waals surface area contributed by atoms with Crippen molar-refractivity contribution in [3.8, 4) is 0 Å². The fraction of sp³-hybridized carbons (Fsp3) is 0.176. The van der Waals surface area contributed by atoms with Crippen molar-refractivity contribution in [2.75, 3.05) is 11.9 Å². The molecule has 0 aliphatic carbocycles. The first-order valence-electron chi connectivity index (χ1n) is 6.87. The summed E-state index contributed by atoms with van der Waals surface area (Å²) >= 11 is 0. The standard InChI is InChI=1S/C17H17N3O/c1-17(11-21,13-7-3-2-4-8-13)20-16-14-9-5-6-10-15(14)18-12-19-16/h2-10,12,21H,11H2,1H3,(H,18,19,20). The van der Waals surface area contributed by atoms with Gasteiger partial charge in [0.1, 0.15) is 12.1 Å². The van der Waals surface area contributed by atoms with E-state index >= 15 is 0 Å². The summed E-state index contributed by atoms with van der Waals surface area (Å²) in [5.41, 5.74) is 1.29. The Bertz CT molecular complexity index is 740. The molecule has 1 unspecified atom stereocenters. The molecule has 4 nitrogen and oxygen atoms in total. The summed E-state index contributed by atoms with van der Waals surface area (Å²) in [4.78, 5) is 8.59. The first kappa shape index (κ1) is 13.5. The number of aromatic nitrogens is 2. The van der Waals surface area contributed by atoms with Gasteiger partial charge in [0.15, 0.2) is 0 Å². The maximum atomic E-state index is 9.87. The number of rotatable bonds is 4. The lowest BCUT2D eigenvalue weighted by Gasteiger charge is -2.30. The molecule has 1 atom stereocenters. The first-order chi connectivity index (χ1) is 10.2. The Morgan fingerprint density at radius 3 is 2.48 bits per heavy atom. The number of fused-ring (bicyclic) bond motifs is 1. The largest absolute Gasteiger partial charge is 0.394 e. The average Bonchev–Trinajstić information content (AvgIpc) is 2.56. The summed E-state index contributed by atoms with van der Waals surface area (Å²) in [5.74, 6) is 0.723. The fourth-order valence-electron chi connectivity index (χ4n) is 2.37. The van der Waals surface area contributed by atoms with Gasteiger partial charge in [-0.2, -0.15) is 0 Å². The van der Waals surface area contributed by atoms with E-state index in [0.717, 1.165) is 22.3 Å². The summed E-state index contributed by atoms with van der Waals surface area (Å²) in [6.07, 6.45) is 1.54. The highest BCUT2D eigenvalue weighted by atomic mass is 16.3. The number of benzene rings is 2. The van der Waals surface area contributed by atoms with Gasteiger partial charge in [0, 0.05) is 5.39 Å². The number of hydrogen-bond acceptors (Lipinski definition) is 4. The molecule has 0 saturated heterocycles. The molecular weight excluding hydrogens is 262 g/mol. The lowest BCUT2D eigenvalue weighted by Crippen LogP contribution is -2.36. The number of aliphatic hydroxyl groups is 1. The van der Waals surface area contributed by atoms with E-state index in [0.29, 0.717) is 0 Å². The predicted molar refractivity (Wildman–Crippen MR) is 84.0 cm³/mol. The van der Waals surface area contributed by atoms with Crippen molar-refractivity contribution in [2.45, 2.75) is 12.5 Å². The molecule has 0 bridgehead atoms. The molecule has 4 heteroatoms. The Kier molecular flexibility index (Phi) is 3.54. The van der Waals surface area contributed by atoms with Gasteiger partial charge in [0.05, 0.1) is 17.7 Å². The minimum absolute atomic E-state index is 0.0324. The van der Waals surface area contributed by atoms with Crippen molar-refractivity contribution in [3.05, 3.63) is 66.5 Å². The zero-order valence-electron chi connectivity index (χ0n) is 11.8. The third-order valence-corrected chi connectivity index (χ3v) is 3.66. The minimum Gasteiger partial charge on any atom is -0.394 e. The van der Waals surface area contributed by atoms with Gasteiger partial charge in [-0.05, 0) is 24.6 Å². The summed E-state index contributed by atoms with van der Waals surface area (Å²) < 4.78 is 0. The first-order valence-corrected chi connectivity index (χ1v) is 6.87. The van der Waals surface area contributed by atoms with E-state index in [1.165, 1.54) is 6.33 Å². The third kappa shape index (κ3) is 2.58. The Labute approximate surface area is 123 Å². The van der Waals surface area contributed by atoms with Crippen LogP contribution in [0.5, 0.6) is 0 Å². The van der Waals surface area contributed by atoms with E-state index < -0.39 is 5.54 Å². The molecule has 106 valence electrons. The van der Waals surface area contributed by atoms with Crippen molar-refractivity contribution in [1.82, 2.24) is 9.97 Å². The van der Waals surface area contributed by atoms with Gasteiger partial charge in [0.25, 0.3) is 0 Å². The summed E-state index contributed by atoms with van der Waals surface area (Å²) in [6, 6.07) is 17.7. The molecule has 3 aromatic rings. The molecule has 0 amide bonds. The summed E-state index contributed by atoms with van der Waals surface area (Å²) in [7, 11) is 0. The smallest absolute Gasteiger partial charge is 0.138 e. The second kappa shape index (κ2) is 5.50.